The largest absolute Gasteiger partial charge is 0.760 e. The Morgan fingerprint density at radius 2 is 1.86 bits per heavy atom. The molecule has 0 bridgehead atoms. The molecule has 0 radical (unpaired) electrons. The molecule has 4 heterocycles. The van der Waals surface area contributed by atoms with Crippen LogP contribution in [0.3, 0.4) is 0 Å². The number of likely N-dealkylation sites (tertiary alicyclic amines) is 1. The number of H-pyrrole nitrogens is 2. The summed E-state index contributed by atoms with van der Waals surface area (Å²) in [7, 11) is 0. The molecule has 2 aromatic carbocycles. The Morgan fingerprint density at radius 3 is 2.62 bits per heavy atom. The first kappa shape index (κ1) is 23.0. The number of aromatic amines is 2. The Morgan fingerprint density at radius 1 is 1.05 bits per heavy atom. The molecule has 1 atom stereocenters. The van der Waals surface area contributed by atoms with Gasteiger partial charge >= 0.3 is 0 Å². The van der Waals surface area contributed by atoms with Gasteiger partial charge in [0.25, 0.3) is 5.91 Å². The number of hydrogen-bond donors (Lipinski definition) is 4. The lowest BCUT2D eigenvalue weighted by Gasteiger charge is -2.39. The summed E-state index contributed by atoms with van der Waals surface area (Å²) in [5.41, 5.74) is 5.01. The first-order valence-electron chi connectivity index (χ1n) is 11.5. The Hall–Kier alpha value is -4.39. The van der Waals surface area contributed by atoms with E-state index in [2.05, 4.69) is 35.2 Å². The number of hydrogen-bond acceptors (Lipinski definition) is 7. The van der Waals surface area contributed by atoms with Crippen molar-refractivity contribution in [1.29, 1.82) is 0 Å². The van der Waals surface area contributed by atoms with Crippen molar-refractivity contribution in [3.05, 3.63) is 78.9 Å². The van der Waals surface area contributed by atoms with Crippen LogP contribution in [0.1, 0.15) is 10.5 Å². The van der Waals surface area contributed by atoms with Crippen LogP contribution in [0.4, 0.5) is 11.5 Å². The van der Waals surface area contributed by atoms with Crippen molar-refractivity contribution < 1.29 is 13.6 Å². The normalized spacial score (nSPS) is 14.5. The molecule has 0 spiro atoms. The highest BCUT2D eigenvalue weighted by molar-refractivity contribution is 7.77. The molecule has 3 aromatic heterocycles. The molecular weight excluding hydrogens is 492 g/mol. The number of benzene rings is 2. The number of anilines is 2. The van der Waals surface area contributed by atoms with Crippen molar-refractivity contribution in [3.63, 3.8) is 0 Å². The molecule has 1 fully saturated rings. The molecule has 0 saturated carbocycles. The van der Waals surface area contributed by atoms with Gasteiger partial charge in [0.15, 0.2) is 5.82 Å². The van der Waals surface area contributed by atoms with E-state index in [0.717, 1.165) is 33.3 Å². The van der Waals surface area contributed by atoms with Crippen LogP contribution in [0, 0.1) is 0 Å². The van der Waals surface area contributed by atoms with Crippen LogP contribution in [0.25, 0.3) is 33.4 Å². The Balaban J connectivity index is 1.17. The second-order valence-corrected chi connectivity index (χ2v) is 9.40. The highest BCUT2D eigenvalue weighted by Crippen LogP contribution is 2.26. The van der Waals surface area contributed by atoms with Gasteiger partial charge in [-0.2, -0.15) is 5.10 Å². The summed E-state index contributed by atoms with van der Waals surface area (Å²) in [5.74, 6) is 1.03. The summed E-state index contributed by atoms with van der Waals surface area (Å²) in [6.45, 7) is 0.681. The number of aromatic nitrogens is 5. The van der Waals surface area contributed by atoms with Crippen molar-refractivity contribution in [3.8, 4) is 22.5 Å². The fourth-order valence-corrected chi connectivity index (χ4v) is 4.70. The van der Waals surface area contributed by atoms with Crippen LogP contribution in [0.2, 0.25) is 0 Å². The molecule has 11 nitrogen and oxygen atoms in total. The molecule has 0 aliphatic carbocycles. The smallest absolute Gasteiger partial charge is 0.270 e. The van der Waals surface area contributed by atoms with Crippen LogP contribution in [-0.4, -0.2) is 63.8 Å². The minimum Gasteiger partial charge on any atom is -0.760 e. The monoisotopic (exact) mass is 513 g/mol. The quantitative estimate of drug-likeness (QED) is 0.244. The van der Waals surface area contributed by atoms with Gasteiger partial charge in [-0.05, 0) is 35.9 Å². The Labute approximate surface area is 213 Å². The van der Waals surface area contributed by atoms with E-state index >= 15 is 0 Å². The predicted octanol–water partition coefficient (Wildman–Crippen LogP) is 2.97. The maximum Gasteiger partial charge on any atom is 0.270 e. The van der Waals surface area contributed by atoms with Crippen molar-refractivity contribution in [2.45, 2.75) is 6.04 Å². The average Bonchev–Trinajstić information content (AvgIpc) is 3.56. The molecule has 6 rings (SSSR count). The van der Waals surface area contributed by atoms with Crippen molar-refractivity contribution in [1.82, 2.24) is 34.8 Å². The van der Waals surface area contributed by atoms with Gasteiger partial charge in [0.1, 0.15) is 11.5 Å². The summed E-state index contributed by atoms with van der Waals surface area (Å²) in [6.07, 6.45) is 5.32. The predicted molar refractivity (Wildman–Crippen MR) is 138 cm³/mol. The van der Waals surface area contributed by atoms with E-state index in [1.807, 2.05) is 48.7 Å². The standard InChI is InChI=1S/C25H22N8O3S/c34-25(33-13-20(14-33)32-37(35)36)22-9-16-1-2-17(10-21(16)30-22)24-26-8-7-23(31-24)29-19-5-3-15(4-6-19)18-11-27-28-12-18/h1-12,20,30,32H,13-14H2,(H,27,28)(H,35,36)(H,26,29,31)/p-1. The van der Waals surface area contributed by atoms with Gasteiger partial charge in [0.2, 0.25) is 0 Å². The fraction of sp³-hybridized carbons (Fsp3) is 0.120. The van der Waals surface area contributed by atoms with Gasteiger partial charge in [-0.25, -0.2) is 14.7 Å². The summed E-state index contributed by atoms with van der Waals surface area (Å²) >= 11 is -2.34. The summed E-state index contributed by atoms with van der Waals surface area (Å²) < 4.78 is 23.9. The molecule has 1 aliphatic heterocycles. The highest BCUT2D eigenvalue weighted by atomic mass is 32.2. The zero-order valence-electron chi connectivity index (χ0n) is 19.3. The second-order valence-electron chi connectivity index (χ2n) is 8.70. The Bertz CT molecular complexity index is 1590. The van der Waals surface area contributed by atoms with Crippen LogP contribution in [0.5, 0.6) is 0 Å². The highest BCUT2D eigenvalue weighted by Gasteiger charge is 2.31. The van der Waals surface area contributed by atoms with E-state index in [0.29, 0.717) is 30.4 Å². The number of carbonyl (C=O) groups excluding carboxylic acids is 1. The van der Waals surface area contributed by atoms with E-state index in [1.165, 1.54) is 0 Å². The number of nitrogens with one attached hydrogen (secondary N) is 4. The first-order chi connectivity index (χ1) is 18.0. The zero-order valence-corrected chi connectivity index (χ0v) is 20.2. The van der Waals surface area contributed by atoms with Gasteiger partial charge in [-0.3, -0.25) is 14.1 Å². The Kier molecular flexibility index (Phi) is 5.96. The number of amides is 1. The van der Waals surface area contributed by atoms with E-state index in [-0.39, 0.29) is 11.9 Å². The van der Waals surface area contributed by atoms with Crippen molar-refractivity contribution in [2.24, 2.45) is 0 Å². The zero-order chi connectivity index (χ0) is 25.4. The molecule has 1 unspecified atom stereocenters. The maximum absolute atomic E-state index is 12.8. The third-order valence-electron chi connectivity index (χ3n) is 6.19. The lowest BCUT2D eigenvalue weighted by molar-refractivity contribution is 0.0586. The molecule has 1 saturated heterocycles. The van der Waals surface area contributed by atoms with E-state index in [4.69, 9.17) is 0 Å². The molecule has 1 amide bonds. The number of nitrogens with zero attached hydrogens (tertiary/aromatic N) is 4. The van der Waals surface area contributed by atoms with Gasteiger partial charge in [0.05, 0.1) is 12.2 Å². The van der Waals surface area contributed by atoms with Crippen molar-refractivity contribution in [2.75, 3.05) is 18.4 Å². The maximum atomic E-state index is 12.8. The first-order valence-corrected chi connectivity index (χ1v) is 12.6. The van der Waals surface area contributed by atoms with Gasteiger partial charge < -0.3 is 19.8 Å². The lowest BCUT2D eigenvalue weighted by atomic mass is 10.1. The van der Waals surface area contributed by atoms with Gasteiger partial charge in [-0.1, -0.05) is 24.3 Å². The molecule has 5 aromatic rings. The minimum absolute atomic E-state index is 0.172. The second kappa shape index (κ2) is 9.58. The molecular formula is C25H21N8O3S-. The molecule has 186 valence electrons. The number of rotatable bonds is 7. The van der Waals surface area contributed by atoms with Crippen LogP contribution < -0.4 is 10.0 Å². The minimum atomic E-state index is -2.34. The molecule has 1 aliphatic rings. The molecule has 37 heavy (non-hydrogen) atoms. The topological polar surface area (TPSA) is 155 Å². The van der Waals surface area contributed by atoms with Crippen LogP contribution in [-0.2, 0) is 11.3 Å². The van der Waals surface area contributed by atoms with Crippen LogP contribution in [0.15, 0.2) is 73.2 Å². The van der Waals surface area contributed by atoms with E-state index < -0.39 is 11.3 Å². The third-order valence-corrected chi connectivity index (χ3v) is 6.71. The fourth-order valence-electron chi connectivity index (χ4n) is 4.28. The SMILES string of the molecule is O=C(c1cc2ccc(-c3nccc(Nc4ccc(-c5cn[nH]c5)cc4)n3)cc2[nH]1)N1CC(NS(=O)[O-])C1. The summed E-state index contributed by atoms with van der Waals surface area (Å²) in [6, 6.07) is 17.1. The molecule has 12 heteroatoms. The average molecular weight is 514 g/mol. The van der Waals surface area contributed by atoms with E-state index in [9.17, 15) is 13.6 Å². The molecule has 4 N–H and O–H groups in total. The summed E-state index contributed by atoms with van der Waals surface area (Å²) in [5, 5.41) is 11.0. The van der Waals surface area contributed by atoms with Gasteiger partial charge in [-0.15, -0.1) is 0 Å². The summed E-state index contributed by atoms with van der Waals surface area (Å²) in [4.78, 5) is 26.6. The number of carbonyl (C=O) groups is 1. The van der Waals surface area contributed by atoms with Gasteiger partial charge in [0, 0.05) is 64.5 Å². The number of fused-ring (bicyclic) bond motifs is 1. The van der Waals surface area contributed by atoms with Crippen LogP contribution >= 0.6 is 0 Å². The third kappa shape index (κ3) is 4.85. The van der Waals surface area contributed by atoms with Crippen molar-refractivity contribution >= 4 is 39.6 Å². The van der Waals surface area contributed by atoms with E-state index in [1.54, 1.807) is 29.4 Å². The lowest BCUT2D eigenvalue weighted by Crippen LogP contribution is -2.60.